The van der Waals surface area contributed by atoms with E-state index in [9.17, 15) is 8.76 Å². The monoisotopic (exact) mass is 271 g/mol. The summed E-state index contributed by atoms with van der Waals surface area (Å²) >= 11 is -2.30. The van der Waals surface area contributed by atoms with Gasteiger partial charge in [-0.05, 0) is 35.6 Å². The van der Waals surface area contributed by atoms with E-state index in [2.05, 4.69) is 6.92 Å². The van der Waals surface area contributed by atoms with Crippen LogP contribution in [0.2, 0.25) is 0 Å². The summed E-state index contributed by atoms with van der Waals surface area (Å²) in [5.74, 6) is 0.960. The van der Waals surface area contributed by atoms with Crippen molar-refractivity contribution in [3.05, 3.63) is 17.7 Å². The van der Waals surface area contributed by atoms with Gasteiger partial charge in [0, 0.05) is 6.07 Å². The number of hydrogen-bond acceptors (Lipinski definition) is 4. The van der Waals surface area contributed by atoms with Crippen LogP contribution in [-0.4, -0.2) is 23.0 Å². The summed E-state index contributed by atoms with van der Waals surface area (Å²) in [5, 5.41) is 0. The normalized spacial score (nSPS) is 12.2. The summed E-state index contributed by atoms with van der Waals surface area (Å²) in [7, 11) is 3.01. The summed E-state index contributed by atoms with van der Waals surface area (Å²) in [6, 6.07) is 3.36. The third-order valence-electron chi connectivity index (χ3n) is 2.78. The molecule has 18 heavy (non-hydrogen) atoms. The average molecular weight is 271 g/mol. The summed E-state index contributed by atoms with van der Waals surface area (Å²) < 4.78 is 32.9. The minimum absolute atomic E-state index is 0.245. The van der Waals surface area contributed by atoms with E-state index in [-0.39, 0.29) is 4.90 Å². The third-order valence-corrected chi connectivity index (χ3v) is 3.57. The molecule has 0 amide bonds. The van der Waals surface area contributed by atoms with Crippen LogP contribution < -0.4 is 9.47 Å². The van der Waals surface area contributed by atoms with Crippen LogP contribution in [0.5, 0.6) is 11.5 Å². The van der Waals surface area contributed by atoms with Gasteiger partial charge in [-0.15, -0.1) is 0 Å². The summed E-state index contributed by atoms with van der Waals surface area (Å²) in [4.78, 5) is 0.245. The number of ether oxygens (including phenoxy) is 2. The van der Waals surface area contributed by atoms with E-state index in [0.29, 0.717) is 17.9 Å². The van der Waals surface area contributed by atoms with Crippen LogP contribution in [0.15, 0.2) is 17.0 Å². The molecule has 0 saturated carbocycles. The number of benzene rings is 1. The molecule has 0 aromatic heterocycles. The number of aryl methyl sites for hydroxylation is 1. The van der Waals surface area contributed by atoms with E-state index in [1.165, 1.54) is 7.11 Å². The highest BCUT2D eigenvalue weighted by Crippen LogP contribution is 2.32. The first-order valence-electron chi connectivity index (χ1n) is 5.98. The van der Waals surface area contributed by atoms with Gasteiger partial charge in [0.15, 0.2) is 0 Å². The van der Waals surface area contributed by atoms with Crippen LogP contribution in [0.25, 0.3) is 0 Å². The van der Waals surface area contributed by atoms with Crippen LogP contribution in [0, 0.1) is 0 Å². The second kappa shape index (κ2) is 7.38. The maximum atomic E-state index is 11.3. The van der Waals surface area contributed by atoms with Crippen molar-refractivity contribution in [1.82, 2.24) is 0 Å². The quantitative estimate of drug-likeness (QED) is 0.565. The van der Waals surface area contributed by atoms with E-state index < -0.39 is 11.1 Å². The smallest absolute Gasteiger partial charge is 0.137 e. The van der Waals surface area contributed by atoms with E-state index in [1.54, 1.807) is 19.2 Å². The Kier molecular flexibility index (Phi) is 6.15. The lowest BCUT2D eigenvalue weighted by Crippen LogP contribution is -2.02. The number of rotatable bonds is 7. The zero-order chi connectivity index (χ0) is 13.5. The molecule has 0 saturated heterocycles. The molecule has 1 aromatic rings. The Bertz CT molecular complexity index is 418. The van der Waals surface area contributed by atoms with Crippen LogP contribution in [0.4, 0.5) is 0 Å². The first-order chi connectivity index (χ1) is 8.63. The predicted molar refractivity (Wildman–Crippen MR) is 70.0 cm³/mol. The van der Waals surface area contributed by atoms with Crippen molar-refractivity contribution in [3.63, 3.8) is 0 Å². The Morgan fingerprint density at radius 2 is 1.94 bits per heavy atom. The van der Waals surface area contributed by atoms with Gasteiger partial charge in [-0.25, -0.2) is 0 Å². The van der Waals surface area contributed by atoms with Gasteiger partial charge in [-0.2, -0.15) is 0 Å². The number of unbranched alkanes of at least 4 members (excludes halogenated alkanes) is 2. The van der Waals surface area contributed by atoms with Crippen LogP contribution in [0.3, 0.4) is 0 Å². The minimum Gasteiger partial charge on any atom is -0.768 e. The van der Waals surface area contributed by atoms with Crippen molar-refractivity contribution in [2.24, 2.45) is 0 Å². The first-order valence-corrected chi connectivity index (χ1v) is 7.05. The molecule has 0 aliphatic heterocycles. The fraction of sp³-hybridized carbons (Fsp3) is 0.538. The predicted octanol–water partition coefficient (Wildman–Crippen LogP) is 2.67. The highest BCUT2D eigenvalue weighted by Gasteiger charge is 2.12. The zero-order valence-electron chi connectivity index (χ0n) is 11.0. The van der Waals surface area contributed by atoms with Crippen LogP contribution >= 0.6 is 0 Å². The maximum Gasteiger partial charge on any atom is 0.137 e. The van der Waals surface area contributed by atoms with Gasteiger partial charge < -0.3 is 14.0 Å². The summed E-state index contributed by atoms with van der Waals surface area (Å²) in [5.41, 5.74) is 0.757. The molecule has 1 aromatic carbocycles. The van der Waals surface area contributed by atoms with Crippen LogP contribution in [0.1, 0.15) is 31.7 Å². The molecule has 0 heterocycles. The van der Waals surface area contributed by atoms with E-state index in [4.69, 9.17) is 9.47 Å². The van der Waals surface area contributed by atoms with E-state index in [1.807, 2.05) is 0 Å². The molecular formula is C13H19O4S-. The van der Waals surface area contributed by atoms with Crippen molar-refractivity contribution in [2.75, 3.05) is 14.2 Å². The summed E-state index contributed by atoms with van der Waals surface area (Å²) in [6.45, 7) is 2.11. The fourth-order valence-electron chi connectivity index (χ4n) is 1.84. The van der Waals surface area contributed by atoms with Crippen molar-refractivity contribution in [3.8, 4) is 11.5 Å². The molecule has 5 heteroatoms. The third kappa shape index (κ3) is 3.71. The SMILES string of the molecule is CCCCCc1cc(OC)cc(OC)c1S(=O)[O-]. The molecule has 0 N–H and O–H groups in total. The molecule has 0 fully saturated rings. The molecule has 1 rings (SSSR count). The van der Waals surface area contributed by atoms with Crippen LogP contribution in [-0.2, 0) is 17.5 Å². The lowest BCUT2D eigenvalue weighted by Gasteiger charge is -2.17. The maximum absolute atomic E-state index is 11.3. The lowest BCUT2D eigenvalue weighted by atomic mass is 10.1. The van der Waals surface area contributed by atoms with Gasteiger partial charge in [0.05, 0.1) is 19.1 Å². The van der Waals surface area contributed by atoms with Gasteiger partial charge in [0.25, 0.3) is 0 Å². The highest BCUT2D eigenvalue weighted by atomic mass is 32.2. The minimum atomic E-state index is -2.30. The molecule has 0 aliphatic carbocycles. The summed E-state index contributed by atoms with van der Waals surface area (Å²) in [6.07, 6.45) is 3.84. The van der Waals surface area contributed by atoms with Gasteiger partial charge in [-0.1, -0.05) is 19.8 Å². The van der Waals surface area contributed by atoms with Gasteiger partial charge in [-0.3, -0.25) is 4.21 Å². The molecule has 1 unspecified atom stereocenters. The van der Waals surface area contributed by atoms with E-state index in [0.717, 1.165) is 24.8 Å². The molecule has 0 radical (unpaired) electrons. The Hall–Kier alpha value is -1.07. The lowest BCUT2D eigenvalue weighted by molar-refractivity contribution is 0.383. The largest absolute Gasteiger partial charge is 0.768 e. The molecule has 0 aliphatic rings. The van der Waals surface area contributed by atoms with Gasteiger partial charge in [0.1, 0.15) is 11.5 Å². The van der Waals surface area contributed by atoms with Crippen molar-refractivity contribution < 1.29 is 18.2 Å². The fourth-order valence-corrected chi connectivity index (χ4v) is 2.52. The molecular weight excluding hydrogens is 252 g/mol. The second-order valence-corrected chi connectivity index (χ2v) is 4.89. The number of hydrogen-bond donors (Lipinski definition) is 0. The molecule has 0 spiro atoms. The second-order valence-electron chi connectivity index (χ2n) is 4.01. The first kappa shape index (κ1) is 15.0. The molecule has 102 valence electrons. The highest BCUT2D eigenvalue weighted by molar-refractivity contribution is 7.79. The van der Waals surface area contributed by atoms with Gasteiger partial charge >= 0.3 is 0 Å². The zero-order valence-corrected chi connectivity index (χ0v) is 11.8. The van der Waals surface area contributed by atoms with Crippen molar-refractivity contribution >= 4 is 11.1 Å². The Morgan fingerprint density at radius 1 is 1.22 bits per heavy atom. The Labute approximate surface area is 111 Å². The molecule has 1 atom stereocenters. The van der Waals surface area contributed by atoms with Gasteiger partial charge in [0.2, 0.25) is 0 Å². The van der Waals surface area contributed by atoms with E-state index >= 15 is 0 Å². The Morgan fingerprint density at radius 3 is 2.44 bits per heavy atom. The average Bonchev–Trinajstić information content (AvgIpc) is 2.37. The molecule has 0 bridgehead atoms. The molecule has 4 nitrogen and oxygen atoms in total. The van der Waals surface area contributed by atoms with Crippen molar-refractivity contribution in [1.29, 1.82) is 0 Å². The standard InChI is InChI=1S/C13H20O4S/c1-4-5-6-7-10-8-11(16-2)9-12(17-3)13(10)18(14)15/h8-9H,4-7H2,1-3H3,(H,14,15)/p-1. The topological polar surface area (TPSA) is 58.6 Å². The number of methoxy groups -OCH3 is 2. The van der Waals surface area contributed by atoms with Crippen molar-refractivity contribution in [2.45, 2.75) is 37.5 Å². The Balaban J connectivity index is 3.13.